The Morgan fingerprint density at radius 1 is 1.47 bits per heavy atom. The maximum atomic E-state index is 12.2. The Balaban J connectivity index is 2.80. The summed E-state index contributed by atoms with van der Waals surface area (Å²) in [6, 6.07) is 1.74. The summed E-state index contributed by atoms with van der Waals surface area (Å²) in [5, 5.41) is 3.19. The Labute approximate surface area is 119 Å². The van der Waals surface area contributed by atoms with Crippen LogP contribution in [0, 0.1) is 6.92 Å². The summed E-state index contributed by atoms with van der Waals surface area (Å²) in [5.41, 5.74) is 0. The van der Waals surface area contributed by atoms with Crippen LogP contribution in [0.3, 0.4) is 0 Å². The molecule has 0 aromatic carbocycles. The molecule has 1 aromatic rings. The Morgan fingerprint density at radius 2 is 2.16 bits per heavy atom. The summed E-state index contributed by atoms with van der Waals surface area (Å²) in [7, 11) is -1.89. The number of nitrogens with one attached hydrogen (secondary N) is 2. The Hall–Kier alpha value is -0.470. The molecule has 1 unspecified atom stereocenters. The van der Waals surface area contributed by atoms with Gasteiger partial charge in [-0.05, 0) is 26.5 Å². The van der Waals surface area contributed by atoms with Crippen LogP contribution in [0.25, 0.3) is 0 Å². The Morgan fingerprint density at radius 3 is 2.74 bits per heavy atom. The minimum Gasteiger partial charge on any atom is -0.380 e. The van der Waals surface area contributed by atoms with E-state index in [1.54, 1.807) is 13.2 Å². The molecule has 1 aromatic heterocycles. The predicted octanol–water partition coefficient (Wildman–Crippen LogP) is 1.48. The zero-order chi connectivity index (χ0) is 14.5. The highest BCUT2D eigenvalue weighted by molar-refractivity contribution is 7.89. The normalized spacial score (nSPS) is 13.7. The minimum atomic E-state index is -3.45. The third kappa shape index (κ3) is 4.85. The Bertz CT molecular complexity index is 497. The quantitative estimate of drug-likeness (QED) is 0.763. The standard InChI is InChI=1S/C12H22N2O3S2/c1-5-13-8-11-6-12(10(3)18-11)19(15,16)14-7-9(2)17-4/h6,9,13-14H,5,7-8H2,1-4H3. The lowest BCUT2D eigenvalue weighted by atomic mass is 10.4. The van der Waals surface area contributed by atoms with Crippen molar-refractivity contribution < 1.29 is 13.2 Å². The minimum absolute atomic E-state index is 0.144. The number of aryl methyl sites for hydroxylation is 1. The molecule has 5 nitrogen and oxygen atoms in total. The molecule has 19 heavy (non-hydrogen) atoms. The van der Waals surface area contributed by atoms with Crippen molar-refractivity contribution in [2.75, 3.05) is 20.2 Å². The van der Waals surface area contributed by atoms with E-state index < -0.39 is 10.0 Å². The lowest BCUT2D eigenvalue weighted by Gasteiger charge is -2.11. The molecule has 0 aliphatic heterocycles. The van der Waals surface area contributed by atoms with Gasteiger partial charge in [-0.3, -0.25) is 0 Å². The molecule has 7 heteroatoms. The van der Waals surface area contributed by atoms with Gasteiger partial charge in [-0.15, -0.1) is 11.3 Å². The van der Waals surface area contributed by atoms with Gasteiger partial charge >= 0.3 is 0 Å². The highest BCUT2D eigenvalue weighted by Crippen LogP contribution is 2.25. The highest BCUT2D eigenvalue weighted by Gasteiger charge is 2.20. The van der Waals surface area contributed by atoms with Crippen LogP contribution in [-0.4, -0.2) is 34.7 Å². The number of sulfonamides is 1. The Kier molecular flexibility index (Phi) is 6.41. The third-order valence-electron chi connectivity index (χ3n) is 2.73. The van der Waals surface area contributed by atoms with E-state index in [0.717, 1.165) is 16.3 Å². The predicted molar refractivity (Wildman–Crippen MR) is 78.1 cm³/mol. The van der Waals surface area contributed by atoms with Crippen LogP contribution in [-0.2, 0) is 21.3 Å². The van der Waals surface area contributed by atoms with Gasteiger partial charge in [-0.25, -0.2) is 13.1 Å². The van der Waals surface area contributed by atoms with Crippen molar-refractivity contribution in [3.8, 4) is 0 Å². The maximum Gasteiger partial charge on any atom is 0.241 e. The molecular weight excluding hydrogens is 284 g/mol. The molecule has 0 spiro atoms. The molecule has 0 saturated carbocycles. The maximum absolute atomic E-state index is 12.2. The van der Waals surface area contributed by atoms with Crippen molar-refractivity contribution in [3.63, 3.8) is 0 Å². The average molecular weight is 306 g/mol. The van der Waals surface area contributed by atoms with Gasteiger partial charge in [0, 0.05) is 30.0 Å². The van der Waals surface area contributed by atoms with Gasteiger partial charge in [0.2, 0.25) is 10.0 Å². The molecule has 0 radical (unpaired) electrons. The fourth-order valence-corrected chi connectivity index (χ4v) is 4.23. The molecular formula is C12H22N2O3S2. The van der Waals surface area contributed by atoms with Crippen molar-refractivity contribution in [2.45, 2.75) is 38.3 Å². The second-order valence-electron chi connectivity index (χ2n) is 4.31. The van der Waals surface area contributed by atoms with Crippen LogP contribution < -0.4 is 10.0 Å². The summed E-state index contributed by atoms with van der Waals surface area (Å²) in [4.78, 5) is 2.21. The second-order valence-corrected chi connectivity index (χ2v) is 7.39. The van der Waals surface area contributed by atoms with Gasteiger partial charge in [0.15, 0.2) is 0 Å². The number of methoxy groups -OCH3 is 1. The zero-order valence-electron chi connectivity index (χ0n) is 11.8. The fraction of sp³-hybridized carbons (Fsp3) is 0.667. The van der Waals surface area contributed by atoms with E-state index in [9.17, 15) is 8.42 Å². The first-order valence-electron chi connectivity index (χ1n) is 6.23. The van der Waals surface area contributed by atoms with Gasteiger partial charge in [-0.2, -0.15) is 0 Å². The molecule has 1 rings (SSSR count). The molecule has 0 fully saturated rings. The molecule has 1 atom stereocenters. The van der Waals surface area contributed by atoms with Crippen molar-refractivity contribution in [1.82, 2.24) is 10.0 Å². The number of hydrogen-bond donors (Lipinski definition) is 2. The summed E-state index contributed by atoms with van der Waals surface area (Å²) < 4.78 is 32.0. The largest absolute Gasteiger partial charge is 0.380 e. The van der Waals surface area contributed by atoms with E-state index in [0.29, 0.717) is 11.4 Å². The van der Waals surface area contributed by atoms with Gasteiger partial charge in [0.1, 0.15) is 0 Å². The number of thiophene rings is 1. The van der Waals surface area contributed by atoms with E-state index in [1.807, 2.05) is 20.8 Å². The summed E-state index contributed by atoms with van der Waals surface area (Å²) in [6.45, 7) is 7.51. The number of rotatable bonds is 8. The van der Waals surface area contributed by atoms with Gasteiger partial charge in [-0.1, -0.05) is 6.92 Å². The van der Waals surface area contributed by atoms with Crippen molar-refractivity contribution >= 4 is 21.4 Å². The highest BCUT2D eigenvalue weighted by atomic mass is 32.2. The van der Waals surface area contributed by atoms with Crippen LogP contribution in [0.1, 0.15) is 23.6 Å². The fourth-order valence-electron chi connectivity index (χ4n) is 1.51. The van der Waals surface area contributed by atoms with Crippen LogP contribution in [0.5, 0.6) is 0 Å². The van der Waals surface area contributed by atoms with E-state index >= 15 is 0 Å². The molecule has 1 heterocycles. The first-order chi connectivity index (χ1) is 8.90. The summed E-state index contributed by atoms with van der Waals surface area (Å²) in [5.74, 6) is 0. The van der Waals surface area contributed by atoms with Crippen molar-refractivity contribution in [1.29, 1.82) is 0 Å². The smallest absolute Gasteiger partial charge is 0.241 e. The summed E-state index contributed by atoms with van der Waals surface area (Å²) in [6.07, 6.45) is -0.144. The lowest BCUT2D eigenvalue weighted by molar-refractivity contribution is 0.122. The van der Waals surface area contributed by atoms with Crippen LogP contribution >= 0.6 is 11.3 Å². The van der Waals surface area contributed by atoms with Crippen LogP contribution in [0.15, 0.2) is 11.0 Å². The average Bonchev–Trinajstić information content (AvgIpc) is 2.75. The molecule has 110 valence electrons. The first-order valence-corrected chi connectivity index (χ1v) is 8.53. The van der Waals surface area contributed by atoms with E-state index in [-0.39, 0.29) is 12.6 Å². The van der Waals surface area contributed by atoms with Crippen molar-refractivity contribution in [2.24, 2.45) is 0 Å². The second kappa shape index (κ2) is 7.35. The first kappa shape index (κ1) is 16.6. The van der Waals surface area contributed by atoms with E-state index in [4.69, 9.17) is 4.74 Å². The molecule has 0 saturated heterocycles. The molecule has 0 amide bonds. The topological polar surface area (TPSA) is 67.4 Å². The van der Waals surface area contributed by atoms with Gasteiger partial charge in [0.25, 0.3) is 0 Å². The van der Waals surface area contributed by atoms with Crippen LogP contribution in [0.2, 0.25) is 0 Å². The monoisotopic (exact) mass is 306 g/mol. The van der Waals surface area contributed by atoms with E-state index in [1.165, 1.54) is 11.3 Å². The molecule has 0 aliphatic rings. The van der Waals surface area contributed by atoms with Crippen LogP contribution in [0.4, 0.5) is 0 Å². The lowest BCUT2D eigenvalue weighted by Crippen LogP contribution is -2.31. The van der Waals surface area contributed by atoms with Gasteiger partial charge < -0.3 is 10.1 Å². The van der Waals surface area contributed by atoms with Gasteiger partial charge in [0.05, 0.1) is 11.0 Å². The number of ether oxygens (including phenoxy) is 1. The summed E-state index contributed by atoms with van der Waals surface area (Å²) >= 11 is 1.51. The SMILES string of the molecule is CCNCc1cc(S(=O)(=O)NCC(C)OC)c(C)s1. The molecule has 0 aliphatic carbocycles. The van der Waals surface area contributed by atoms with Crippen molar-refractivity contribution in [3.05, 3.63) is 15.8 Å². The third-order valence-corrected chi connectivity index (χ3v) is 5.45. The molecule has 2 N–H and O–H groups in total. The zero-order valence-corrected chi connectivity index (χ0v) is 13.5. The number of hydrogen-bond acceptors (Lipinski definition) is 5. The molecule has 0 bridgehead atoms. The van der Waals surface area contributed by atoms with E-state index in [2.05, 4.69) is 10.0 Å².